The van der Waals surface area contributed by atoms with Crippen molar-refractivity contribution in [3.05, 3.63) is 35.6 Å². The molecule has 0 radical (unpaired) electrons. The molecule has 1 N–H and O–H groups in total. The molecule has 4 heteroatoms. The first-order valence-corrected chi connectivity index (χ1v) is 8.34. The Kier molecular flexibility index (Phi) is 6.22. The molecule has 22 heavy (non-hydrogen) atoms. The highest BCUT2D eigenvalue weighted by molar-refractivity contribution is 5.74. The fourth-order valence-corrected chi connectivity index (χ4v) is 3.15. The Bertz CT molecular complexity index is 468. The van der Waals surface area contributed by atoms with Crippen LogP contribution in [0.5, 0.6) is 0 Å². The molecule has 2 amide bonds. The van der Waals surface area contributed by atoms with E-state index in [9.17, 15) is 9.18 Å². The summed E-state index contributed by atoms with van der Waals surface area (Å²) in [6.45, 7) is 2.68. The Morgan fingerprint density at radius 2 is 1.95 bits per heavy atom. The number of hydrogen-bond donors (Lipinski definition) is 1. The van der Waals surface area contributed by atoms with Gasteiger partial charge in [-0.3, -0.25) is 0 Å². The molecule has 0 spiro atoms. The van der Waals surface area contributed by atoms with Gasteiger partial charge in [-0.1, -0.05) is 37.8 Å². The molecule has 3 nitrogen and oxygen atoms in total. The van der Waals surface area contributed by atoms with Crippen molar-refractivity contribution in [1.29, 1.82) is 0 Å². The Morgan fingerprint density at radius 1 is 1.32 bits per heavy atom. The molecule has 1 saturated carbocycles. The molecule has 1 fully saturated rings. The first-order valence-electron chi connectivity index (χ1n) is 8.34. The van der Waals surface area contributed by atoms with Gasteiger partial charge in [0.2, 0.25) is 0 Å². The summed E-state index contributed by atoms with van der Waals surface area (Å²) in [5.74, 6) is 0.614. The van der Waals surface area contributed by atoms with Gasteiger partial charge in [-0.05, 0) is 43.4 Å². The summed E-state index contributed by atoms with van der Waals surface area (Å²) in [5.41, 5.74) is 0.935. The van der Waals surface area contributed by atoms with Crippen molar-refractivity contribution in [2.75, 3.05) is 13.6 Å². The van der Waals surface area contributed by atoms with E-state index >= 15 is 0 Å². The first kappa shape index (κ1) is 16.8. The average Bonchev–Trinajstić information content (AvgIpc) is 3.04. The minimum absolute atomic E-state index is 0.0664. The highest BCUT2D eigenvalue weighted by Gasteiger charge is 2.18. The first-order chi connectivity index (χ1) is 10.6. The van der Waals surface area contributed by atoms with Crippen LogP contribution in [0.15, 0.2) is 24.3 Å². The Balaban J connectivity index is 1.72. The molecule has 122 valence electrons. The number of amides is 2. The maximum absolute atomic E-state index is 13.0. The molecule has 1 aromatic rings. The summed E-state index contributed by atoms with van der Waals surface area (Å²) < 4.78 is 13.0. The molecule has 1 atom stereocenters. The highest BCUT2D eigenvalue weighted by atomic mass is 19.1. The molecule has 1 aliphatic carbocycles. The van der Waals surface area contributed by atoms with Crippen molar-refractivity contribution in [3.8, 4) is 0 Å². The van der Waals surface area contributed by atoms with Crippen LogP contribution in [-0.4, -0.2) is 24.5 Å². The molecule has 0 aromatic heterocycles. The van der Waals surface area contributed by atoms with Crippen molar-refractivity contribution >= 4 is 6.03 Å². The standard InChI is InChI=1S/C18H27FN2O/c1-14(16-9-11-17(19)12-10-16)21(2)18(22)20-13-5-8-15-6-3-4-7-15/h9-12,14-15H,3-8,13H2,1-2H3,(H,20,22). The van der Waals surface area contributed by atoms with E-state index in [1.807, 2.05) is 6.92 Å². The van der Waals surface area contributed by atoms with Crippen LogP contribution in [0.3, 0.4) is 0 Å². The summed E-state index contributed by atoms with van der Waals surface area (Å²) >= 11 is 0. The van der Waals surface area contributed by atoms with E-state index in [0.717, 1.165) is 24.4 Å². The lowest BCUT2D eigenvalue weighted by Gasteiger charge is -2.25. The summed E-state index contributed by atoms with van der Waals surface area (Å²) in [7, 11) is 1.78. The molecular formula is C18H27FN2O. The number of carbonyl (C=O) groups excluding carboxylic acids is 1. The van der Waals surface area contributed by atoms with Crippen LogP contribution in [0.1, 0.15) is 57.1 Å². The van der Waals surface area contributed by atoms with E-state index in [4.69, 9.17) is 0 Å². The van der Waals surface area contributed by atoms with Crippen LogP contribution in [-0.2, 0) is 0 Å². The van der Waals surface area contributed by atoms with E-state index in [1.54, 1.807) is 24.1 Å². The maximum atomic E-state index is 13.0. The molecule has 0 heterocycles. The van der Waals surface area contributed by atoms with Crippen molar-refractivity contribution in [2.24, 2.45) is 5.92 Å². The highest BCUT2D eigenvalue weighted by Crippen LogP contribution is 2.28. The second kappa shape index (κ2) is 8.16. The van der Waals surface area contributed by atoms with E-state index in [2.05, 4.69) is 5.32 Å². The fourth-order valence-electron chi connectivity index (χ4n) is 3.15. The number of hydrogen-bond acceptors (Lipinski definition) is 1. The molecule has 0 aliphatic heterocycles. The van der Waals surface area contributed by atoms with E-state index in [1.165, 1.54) is 44.2 Å². The number of benzene rings is 1. The third-order valence-corrected chi connectivity index (χ3v) is 4.79. The topological polar surface area (TPSA) is 32.3 Å². The minimum Gasteiger partial charge on any atom is -0.338 e. The monoisotopic (exact) mass is 306 g/mol. The predicted octanol–water partition coefficient (Wildman–Crippen LogP) is 4.50. The van der Waals surface area contributed by atoms with Crippen LogP contribution >= 0.6 is 0 Å². The molecule has 0 saturated heterocycles. The molecule has 1 aromatic carbocycles. The van der Waals surface area contributed by atoms with Gasteiger partial charge in [0, 0.05) is 13.6 Å². The Morgan fingerprint density at radius 3 is 2.59 bits per heavy atom. The lowest BCUT2D eigenvalue weighted by molar-refractivity contribution is 0.194. The van der Waals surface area contributed by atoms with Crippen molar-refractivity contribution in [1.82, 2.24) is 10.2 Å². The van der Waals surface area contributed by atoms with Crippen molar-refractivity contribution in [3.63, 3.8) is 0 Å². The smallest absolute Gasteiger partial charge is 0.317 e. The largest absolute Gasteiger partial charge is 0.338 e. The van der Waals surface area contributed by atoms with Gasteiger partial charge in [-0.15, -0.1) is 0 Å². The van der Waals surface area contributed by atoms with Crippen LogP contribution in [0, 0.1) is 11.7 Å². The van der Waals surface area contributed by atoms with Gasteiger partial charge in [0.1, 0.15) is 5.82 Å². The number of nitrogens with one attached hydrogen (secondary N) is 1. The Hall–Kier alpha value is -1.58. The van der Waals surface area contributed by atoms with Gasteiger partial charge in [0.05, 0.1) is 6.04 Å². The van der Waals surface area contributed by atoms with Crippen molar-refractivity contribution in [2.45, 2.75) is 51.5 Å². The lowest BCUT2D eigenvalue weighted by atomic mass is 10.0. The van der Waals surface area contributed by atoms with E-state index in [-0.39, 0.29) is 17.9 Å². The van der Waals surface area contributed by atoms with Crippen LogP contribution in [0.2, 0.25) is 0 Å². The number of carbonyl (C=O) groups is 1. The van der Waals surface area contributed by atoms with Gasteiger partial charge in [-0.25, -0.2) is 9.18 Å². The van der Waals surface area contributed by atoms with E-state index in [0.29, 0.717) is 0 Å². The third-order valence-electron chi connectivity index (χ3n) is 4.79. The van der Waals surface area contributed by atoms with Crippen LogP contribution < -0.4 is 5.32 Å². The lowest BCUT2D eigenvalue weighted by Crippen LogP contribution is -2.39. The Labute approximate surface area is 132 Å². The fraction of sp³-hybridized carbons (Fsp3) is 0.611. The van der Waals surface area contributed by atoms with Crippen LogP contribution in [0.4, 0.5) is 9.18 Å². The van der Waals surface area contributed by atoms with Gasteiger partial charge >= 0.3 is 6.03 Å². The van der Waals surface area contributed by atoms with Crippen LogP contribution in [0.25, 0.3) is 0 Å². The second-order valence-corrected chi connectivity index (χ2v) is 6.36. The number of urea groups is 1. The summed E-state index contributed by atoms with van der Waals surface area (Å²) in [5, 5.41) is 2.98. The zero-order chi connectivity index (χ0) is 15.9. The normalized spacial score (nSPS) is 16.5. The van der Waals surface area contributed by atoms with Gasteiger partial charge in [0.25, 0.3) is 0 Å². The average molecular weight is 306 g/mol. The molecule has 2 rings (SSSR count). The molecule has 0 bridgehead atoms. The van der Waals surface area contributed by atoms with E-state index < -0.39 is 0 Å². The third kappa shape index (κ3) is 4.72. The van der Waals surface area contributed by atoms with Crippen molar-refractivity contribution < 1.29 is 9.18 Å². The van der Waals surface area contributed by atoms with Gasteiger partial charge < -0.3 is 10.2 Å². The summed E-state index contributed by atoms with van der Waals surface area (Å²) in [6.07, 6.45) is 7.72. The summed E-state index contributed by atoms with van der Waals surface area (Å²) in [6, 6.07) is 6.17. The number of nitrogens with zero attached hydrogens (tertiary/aromatic N) is 1. The molecule has 1 unspecified atom stereocenters. The maximum Gasteiger partial charge on any atom is 0.317 e. The predicted molar refractivity (Wildman–Crippen MR) is 87.2 cm³/mol. The van der Waals surface area contributed by atoms with Gasteiger partial charge in [-0.2, -0.15) is 0 Å². The minimum atomic E-state index is -0.255. The number of rotatable bonds is 6. The molecular weight excluding hydrogens is 279 g/mol. The summed E-state index contributed by atoms with van der Waals surface area (Å²) in [4.78, 5) is 13.8. The number of halogens is 1. The zero-order valence-electron chi connectivity index (χ0n) is 13.6. The second-order valence-electron chi connectivity index (χ2n) is 6.36. The zero-order valence-corrected chi connectivity index (χ0v) is 13.6. The molecule has 1 aliphatic rings. The van der Waals surface area contributed by atoms with Gasteiger partial charge in [0.15, 0.2) is 0 Å². The SMILES string of the molecule is CC(c1ccc(F)cc1)N(C)C(=O)NCCCC1CCCC1. The quantitative estimate of drug-likeness (QED) is 0.771.